The highest BCUT2D eigenvalue weighted by Crippen LogP contribution is 2.34. The lowest BCUT2D eigenvalue weighted by Crippen LogP contribution is -1.89. The number of pyridine rings is 1. The monoisotopic (exact) mass is 376 g/mol. The fourth-order valence-electron chi connectivity index (χ4n) is 3.00. The molecule has 0 spiro atoms. The Hall–Kier alpha value is -3.10. The number of hydrogen-bond acceptors (Lipinski definition) is 2. The van der Waals surface area contributed by atoms with E-state index in [2.05, 4.69) is 4.98 Å². The Morgan fingerprint density at radius 1 is 0.926 bits per heavy atom. The summed E-state index contributed by atoms with van der Waals surface area (Å²) in [4.78, 5) is 4.46. The summed E-state index contributed by atoms with van der Waals surface area (Å²) in [5, 5.41) is 0.625. The molecule has 2 aromatic heterocycles. The van der Waals surface area contributed by atoms with Crippen molar-refractivity contribution in [2.75, 3.05) is 0 Å². The Morgan fingerprint density at radius 2 is 1.70 bits per heavy atom. The highest BCUT2D eigenvalue weighted by molar-refractivity contribution is 6.30. The van der Waals surface area contributed by atoms with Gasteiger partial charge < -0.3 is 4.42 Å². The molecule has 0 unspecified atom stereocenters. The molecule has 0 amide bonds. The zero-order chi connectivity index (χ0) is 24.5. The minimum Gasteiger partial charge on any atom is -0.456 e. The van der Waals surface area contributed by atoms with Crippen LogP contribution in [0, 0.1) is 6.92 Å². The van der Waals surface area contributed by atoms with Gasteiger partial charge in [-0.2, -0.15) is 0 Å². The van der Waals surface area contributed by atoms with Gasteiger partial charge in [-0.15, -0.1) is 0 Å². The van der Waals surface area contributed by atoms with Crippen LogP contribution in [-0.4, -0.2) is 4.98 Å². The van der Waals surface area contributed by atoms with E-state index < -0.39 is 12.1 Å². The van der Waals surface area contributed by atoms with Crippen molar-refractivity contribution in [2.45, 2.75) is 6.92 Å². The van der Waals surface area contributed by atoms with Crippen LogP contribution in [0.1, 0.15) is 15.2 Å². The van der Waals surface area contributed by atoms with Gasteiger partial charge in [0, 0.05) is 27.6 Å². The highest BCUT2D eigenvalue weighted by Gasteiger charge is 2.11. The van der Waals surface area contributed by atoms with Gasteiger partial charge in [0.2, 0.25) is 0 Å². The van der Waals surface area contributed by atoms with E-state index in [0.29, 0.717) is 21.8 Å². The van der Waals surface area contributed by atoms with Crippen molar-refractivity contribution in [3.05, 3.63) is 89.4 Å². The van der Waals surface area contributed by atoms with Gasteiger partial charge in [0.1, 0.15) is 11.2 Å². The maximum absolute atomic E-state index is 8.84. The molecule has 0 saturated carbocycles. The van der Waals surface area contributed by atoms with Crippen LogP contribution in [0.3, 0.4) is 0 Å². The first-order chi connectivity index (χ1) is 16.1. The van der Waals surface area contributed by atoms with Crippen LogP contribution >= 0.6 is 11.6 Å². The van der Waals surface area contributed by atoms with E-state index in [1.165, 1.54) is 0 Å². The predicted octanol–water partition coefficient (Wildman–Crippen LogP) is 7.28. The summed E-state index contributed by atoms with van der Waals surface area (Å²) in [6.07, 6.45) is 1.63. The number of benzene rings is 3. The quantitative estimate of drug-likeness (QED) is 0.323. The lowest BCUT2D eigenvalue weighted by Gasteiger charge is -2.09. The average Bonchev–Trinajstić information content (AvgIpc) is 3.23. The molecule has 0 aliphatic rings. The van der Waals surface area contributed by atoms with Gasteiger partial charge in [-0.3, -0.25) is 4.98 Å². The molecule has 3 aromatic carbocycles. The highest BCUT2D eigenvalue weighted by atomic mass is 35.5. The zero-order valence-electron chi connectivity index (χ0n) is 21.2. The number of aromatic nitrogens is 1. The van der Waals surface area contributed by atoms with E-state index in [9.17, 15) is 0 Å². The Kier molecular flexibility index (Phi) is 2.38. The van der Waals surface area contributed by atoms with Gasteiger partial charge in [-0.05, 0) is 59.9 Å². The number of fused-ring (bicyclic) bond motifs is 3. The number of aryl methyl sites for hydroxylation is 1. The molecule has 0 atom stereocenters. The topological polar surface area (TPSA) is 26.0 Å². The summed E-state index contributed by atoms with van der Waals surface area (Å²) in [5.74, 6) is 0. The molecule has 130 valence electrons. The number of halogens is 1. The van der Waals surface area contributed by atoms with Crippen LogP contribution in [0.5, 0.6) is 0 Å². The van der Waals surface area contributed by atoms with Gasteiger partial charge in [0.05, 0.1) is 15.3 Å². The molecule has 2 nitrogen and oxygen atoms in total. The largest absolute Gasteiger partial charge is 0.456 e. The third-order valence-corrected chi connectivity index (χ3v) is 4.65. The number of rotatable bonds is 2. The van der Waals surface area contributed by atoms with E-state index in [1.54, 1.807) is 31.3 Å². The predicted molar refractivity (Wildman–Crippen MR) is 112 cm³/mol. The second-order valence-electron chi connectivity index (χ2n) is 6.15. The third kappa shape index (κ3) is 2.79. The van der Waals surface area contributed by atoms with Crippen molar-refractivity contribution in [2.24, 2.45) is 0 Å². The van der Waals surface area contributed by atoms with Crippen LogP contribution in [0.4, 0.5) is 0 Å². The fraction of sp³-hybridized carbons (Fsp3) is 0.0417. The normalized spacial score (nSPS) is 15.0. The minimum absolute atomic E-state index is 0.00727. The summed E-state index contributed by atoms with van der Waals surface area (Å²) in [6.45, 7) is 1.79. The average molecular weight is 377 g/mol. The van der Waals surface area contributed by atoms with Crippen molar-refractivity contribution < 1.29 is 14.0 Å². The molecule has 0 radical (unpaired) electrons. The van der Waals surface area contributed by atoms with E-state index in [1.807, 2.05) is 12.1 Å². The Bertz CT molecular complexity index is 1640. The maximum atomic E-state index is 8.84. The third-order valence-electron chi connectivity index (χ3n) is 4.40. The Labute approximate surface area is 171 Å². The molecule has 27 heavy (non-hydrogen) atoms. The smallest absolute Gasteiger partial charge is 0.136 e. The lowest BCUT2D eigenvalue weighted by molar-refractivity contribution is 0.669. The van der Waals surface area contributed by atoms with E-state index in [-0.39, 0.29) is 57.7 Å². The number of hydrogen-bond donors (Lipinski definition) is 0. The number of furan rings is 1. The molecule has 0 aliphatic heterocycles. The van der Waals surface area contributed by atoms with Crippen LogP contribution in [0.25, 0.3) is 44.3 Å². The molecule has 0 saturated heterocycles. The first-order valence-corrected chi connectivity index (χ1v) is 8.64. The molecule has 0 fully saturated rings. The summed E-state index contributed by atoms with van der Waals surface area (Å²) < 4.78 is 64.3. The van der Waals surface area contributed by atoms with Gasteiger partial charge >= 0.3 is 0 Å². The molecule has 0 aliphatic carbocycles. The second kappa shape index (κ2) is 6.26. The molecular formula is C24H16ClNO. The lowest BCUT2D eigenvalue weighted by atomic mass is 9.98. The minimum atomic E-state index is -0.460. The molecule has 2 heterocycles. The SMILES string of the molecule is [2H]c1c([2H])c([2H])c2c(oc3c([2H])c(-c4cc(-c5ccc(Cl)cc5)ncc4C)c([2H])c([2H])c32)c1[2H]. The van der Waals surface area contributed by atoms with Gasteiger partial charge in [-0.25, -0.2) is 0 Å². The van der Waals surface area contributed by atoms with E-state index in [0.717, 1.165) is 5.56 Å². The van der Waals surface area contributed by atoms with Gasteiger partial charge in [-0.1, -0.05) is 47.9 Å². The first-order valence-electron chi connectivity index (χ1n) is 11.8. The molecule has 0 N–H and O–H groups in total. The summed E-state index contributed by atoms with van der Waals surface area (Å²) in [7, 11) is 0. The standard InChI is InChI=1S/C24H16ClNO/c1-15-14-26-22(16-6-9-18(25)10-7-16)13-21(15)17-8-11-20-19-4-2-3-5-23(19)27-24(20)12-17/h2-14H,1H3/i2D,3D,4D,5D,8D,11D,12D. The van der Waals surface area contributed by atoms with Crippen LogP contribution in [0.2, 0.25) is 5.02 Å². The molecule has 0 bridgehead atoms. The van der Waals surface area contributed by atoms with Crippen molar-refractivity contribution in [3.63, 3.8) is 0 Å². The van der Waals surface area contributed by atoms with Crippen molar-refractivity contribution in [1.29, 1.82) is 0 Å². The number of para-hydroxylation sites is 1. The number of nitrogens with zero attached hydrogens (tertiary/aromatic N) is 1. The van der Waals surface area contributed by atoms with Crippen molar-refractivity contribution >= 4 is 33.5 Å². The fourth-order valence-corrected chi connectivity index (χ4v) is 3.13. The summed E-state index contributed by atoms with van der Waals surface area (Å²) in [5.41, 5.74) is 2.61. The van der Waals surface area contributed by atoms with Crippen LogP contribution in [-0.2, 0) is 0 Å². The summed E-state index contributed by atoms with van der Waals surface area (Å²) in [6, 6.07) is 6.52. The second-order valence-corrected chi connectivity index (χ2v) is 6.59. The first kappa shape index (κ1) is 10.3. The Balaban J connectivity index is 1.85. The molecule has 5 aromatic rings. The maximum Gasteiger partial charge on any atom is 0.136 e. The molecular weight excluding hydrogens is 354 g/mol. The summed E-state index contributed by atoms with van der Waals surface area (Å²) >= 11 is 5.99. The van der Waals surface area contributed by atoms with Crippen LogP contribution < -0.4 is 0 Å². The van der Waals surface area contributed by atoms with Crippen molar-refractivity contribution in [3.8, 4) is 22.4 Å². The van der Waals surface area contributed by atoms with Gasteiger partial charge in [0.25, 0.3) is 0 Å². The van der Waals surface area contributed by atoms with E-state index >= 15 is 0 Å². The molecule has 3 heteroatoms. The van der Waals surface area contributed by atoms with E-state index in [4.69, 9.17) is 25.6 Å². The zero-order valence-corrected chi connectivity index (χ0v) is 15.0. The van der Waals surface area contributed by atoms with Crippen molar-refractivity contribution in [1.82, 2.24) is 4.98 Å². The molecule has 5 rings (SSSR count). The van der Waals surface area contributed by atoms with Crippen LogP contribution in [0.15, 0.2) is 83.2 Å². The van der Waals surface area contributed by atoms with Gasteiger partial charge in [0.15, 0.2) is 0 Å². The Morgan fingerprint density at radius 3 is 2.56 bits per heavy atom.